The van der Waals surface area contributed by atoms with E-state index in [-0.39, 0.29) is 6.04 Å². The van der Waals surface area contributed by atoms with Crippen molar-refractivity contribution in [2.75, 3.05) is 0 Å². The smallest absolute Gasteiger partial charge is 0.0328 e. The number of hydrogen-bond acceptors (Lipinski definition) is 1. The number of nitrogens with two attached hydrogens (primary N) is 1. The number of rotatable bonds is 2. The zero-order valence-electron chi connectivity index (χ0n) is 9.25. The van der Waals surface area contributed by atoms with Crippen molar-refractivity contribution in [3.8, 4) is 0 Å². The van der Waals surface area contributed by atoms with E-state index in [4.69, 9.17) is 5.73 Å². The molecule has 76 valence electrons. The van der Waals surface area contributed by atoms with Crippen molar-refractivity contribution in [3.63, 3.8) is 0 Å². The monoisotopic (exact) mass is 189 g/mol. The summed E-state index contributed by atoms with van der Waals surface area (Å²) in [6, 6.07) is 6.83. The van der Waals surface area contributed by atoms with Crippen molar-refractivity contribution in [2.24, 2.45) is 17.6 Å². The minimum atomic E-state index is 0.255. The van der Waals surface area contributed by atoms with E-state index in [1.165, 1.54) is 23.1 Å². The summed E-state index contributed by atoms with van der Waals surface area (Å²) in [7, 11) is 0. The molecule has 2 rings (SSSR count). The molecule has 1 aliphatic carbocycles. The zero-order valence-corrected chi connectivity index (χ0v) is 9.25. The van der Waals surface area contributed by atoms with Crippen molar-refractivity contribution in [1.29, 1.82) is 0 Å². The Balaban J connectivity index is 2.26. The van der Waals surface area contributed by atoms with E-state index >= 15 is 0 Å². The van der Waals surface area contributed by atoms with Gasteiger partial charge in [-0.15, -0.1) is 0 Å². The summed E-state index contributed by atoms with van der Waals surface area (Å²) in [5.74, 6) is 1.54. The molecule has 2 N–H and O–H groups in total. The van der Waals surface area contributed by atoms with E-state index in [0.29, 0.717) is 0 Å². The quantitative estimate of drug-likeness (QED) is 0.760. The van der Waals surface area contributed by atoms with Crippen LogP contribution in [0.25, 0.3) is 0 Å². The lowest BCUT2D eigenvalue weighted by Gasteiger charge is -2.15. The van der Waals surface area contributed by atoms with Crippen LogP contribution in [0.4, 0.5) is 0 Å². The summed E-state index contributed by atoms with van der Waals surface area (Å²) < 4.78 is 0. The van der Waals surface area contributed by atoms with Crippen molar-refractivity contribution in [3.05, 3.63) is 34.9 Å². The third kappa shape index (κ3) is 1.69. The molecule has 0 amide bonds. The van der Waals surface area contributed by atoms with Crippen LogP contribution in [0.15, 0.2) is 18.2 Å². The molecule has 0 heterocycles. The zero-order chi connectivity index (χ0) is 10.3. The molecule has 0 aromatic heterocycles. The Kier molecular flexibility index (Phi) is 2.36. The lowest BCUT2D eigenvalue weighted by atomic mass is 9.96. The van der Waals surface area contributed by atoms with Crippen molar-refractivity contribution < 1.29 is 0 Å². The van der Waals surface area contributed by atoms with Gasteiger partial charge in [0.25, 0.3) is 0 Å². The van der Waals surface area contributed by atoms with Crippen LogP contribution in [-0.2, 0) is 0 Å². The molecule has 14 heavy (non-hydrogen) atoms. The lowest BCUT2D eigenvalue weighted by molar-refractivity contribution is 0.590. The average Bonchev–Trinajstić information content (AvgIpc) is 2.86. The average molecular weight is 189 g/mol. The molecule has 1 aromatic rings. The molecular formula is C13H19N. The first-order chi connectivity index (χ1) is 6.59. The first-order valence-electron chi connectivity index (χ1n) is 5.42. The maximum Gasteiger partial charge on any atom is 0.0328 e. The van der Waals surface area contributed by atoms with Gasteiger partial charge in [-0.05, 0) is 43.2 Å². The van der Waals surface area contributed by atoms with E-state index in [1.54, 1.807) is 0 Å². The molecule has 3 atom stereocenters. The SMILES string of the molecule is Cc1ccc(C)c(C(N)C2CC2C)c1. The first kappa shape index (κ1) is 9.72. The van der Waals surface area contributed by atoms with Gasteiger partial charge in [0.05, 0.1) is 0 Å². The molecule has 3 unspecified atom stereocenters. The Morgan fingerprint density at radius 1 is 1.36 bits per heavy atom. The standard InChI is InChI=1S/C13H19N/c1-8-4-5-9(2)11(6-8)13(14)12-7-10(12)3/h4-6,10,12-13H,7,14H2,1-3H3. The summed E-state index contributed by atoms with van der Waals surface area (Å²) in [6.07, 6.45) is 1.30. The van der Waals surface area contributed by atoms with Gasteiger partial charge in [0, 0.05) is 6.04 Å². The molecule has 1 fully saturated rings. The van der Waals surface area contributed by atoms with Crippen molar-refractivity contribution in [1.82, 2.24) is 0 Å². The molecule has 1 aromatic carbocycles. The Labute approximate surface area is 86.3 Å². The van der Waals surface area contributed by atoms with Gasteiger partial charge in [-0.2, -0.15) is 0 Å². The van der Waals surface area contributed by atoms with Crippen LogP contribution in [0.3, 0.4) is 0 Å². The normalized spacial score (nSPS) is 27.4. The van der Waals surface area contributed by atoms with Crippen molar-refractivity contribution in [2.45, 2.75) is 33.2 Å². The molecule has 0 radical (unpaired) electrons. The molecule has 0 spiro atoms. The fraction of sp³-hybridized carbons (Fsp3) is 0.538. The van der Waals surface area contributed by atoms with Gasteiger partial charge in [-0.25, -0.2) is 0 Å². The minimum Gasteiger partial charge on any atom is -0.324 e. The predicted molar refractivity (Wildman–Crippen MR) is 60.1 cm³/mol. The second-order valence-corrected chi connectivity index (χ2v) is 4.76. The number of benzene rings is 1. The van der Waals surface area contributed by atoms with E-state index in [1.807, 2.05) is 0 Å². The highest BCUT2D eigenvalue weighted by molar-refractivity contribution is 5.34. The number of aryl methyl sites for hydroxylation is 2. The Morgan fingerprint density at radius 3 is 2.57 bits per heavy atom. The molecule has 0 bridgehead atoms. The number of hydrogen-bond donors (Lipinski definition) is 1. The second kappa shape index (κ2) is 3.39. The van der Waals surface area contributed by atoms with Crippen LogP contribution in [0.1, 0.15) is 36.1 Å². The van der Waals surface area contributed by atoms with Crippen LogP contribution in [0.5, 0.6) is 0 Å². The summed E-state index contributed by atoms with van der Waals surface area (Å²) in [4.78, 5) is 0. The lowest BCUT2D eigenvalue weighted by Crippen LogP contribution is -2.14. The van der Waals surface area contributed by atoms with Gasteiger partial charge < -0.3 is 5.73 Å². The van der Waals surface area contributed by atoms with Gasteiger partial charge in [0.15, 0.2) is 0 Å². The van der Waals surface area contributed by atoms with Gasteiger partial charge in [-0.1, -0.05) is 30.7 Å². The van der Waals surface area contributed by atoms with E-state index in [0.717, 1.165) is 11.8 Å². The second-order valence-electron chi connectivity index (χ2n) is 4.76. The summed E-state index contributed by atoms with van der Waals surface area (Å²) in [5, 5.41) is 0. The molecule has 0 aliphatic heterocycles. The van der Waals surface area contributed by atoms with E-state index < -0.39 is 0 Å². The van der Waals surface area contributed by atoms with Gasteiger partial charge in [0.1, 0.15) is 0 Å². The van der Waals surface area contributed by atoms with Crippen LogP contribution >= 0.6 is 0 Å². The van der Waals surface area contributed by atoms with Gasteiger partial charge in [0.2, 0.25) is 0 Å². The fourth-order valence-corrected chi connectivity index (χ4v) is 2.20. The van der Waals surface area contributed by atoms with Crippen LogP contribution in [0, 0.1) is 25.7 Å². The van der Waals surface area contributed by atoms with Crippen LogP contribution < -0.4 is 5.73 Å². The largest absolute Gasteiger partial charge is 0.324 e. The van der Waals surface area contributed by atoms with Crippen LogP contribution in [0.2, 0.25) is 0 Å². The van der Waals surface area contributed by atoms with E-state index in [2.05, 4.69) is 39.0 Å². The molecule has 0 saturated heterocycles. The molecule has 1 saturated carbocycles. The van der Waals surface area contributed by atoms with E-state index in [9.17, 15) is 0 Å². The topological polar surface area (TPSA) is 26.0 Å². The molecule has 1 heteroatoms. The highest BCUT2D eigenvalue weighted by Crippen LogP contribution is 2.46. The highest BCUT2D eigenvalue weighted by Gasteiger charge is 2.38. The van der Waals surface area contributed by atoms with Crippen LogP contribution in [-0.4, -0.2) is 0 Å². The highest BCUT2D eigenvalue weighted by atomic mass is 14.7. The molecule has 1 nitrogen and oxygen atoms in total. The van der Waals surface area contributed by atoms with Gasteiger partial charge in [-0.3, -0.25) is 0 Å². The Bertz CT molecular complexity index is 343. The predicted octanol–water partition coefficient (Wildman–Crippen LogP) is 2.96. The minimum absolute atomic E-state index is 0.255. The first-order valence-corrected chi connectivity index (χ1v) is 5.42. The third-order valence-electron chi connectivity index (χ3n) is 3.43. The van der Waals surface area contributed by atoms with Crippen molar-refractivity contribution >= 4 is 0 Å². The summed E-state index contributed by atoms with van der Waals surface area (Å²) in [5.41, 5.74) is 10.3. The van der Waals surface area contributed by atoms with Gasteiger partial charge >= 0.3 is 0 Å². The molecular weight excluding hydrogens is 170 g/mol. The Morgan fingerprint density at radius 2 is 2.00 bits per heavy atom. The third-order valence-corrected chi connectivity index (χ3v) is 3.43. The fourth-order valence-electron chi connectivity index (χ4n) is 2.20. The summed E-state index contributed by atoms with van der Waals surface area (Å²) in [6.45, 7) is 6.57. The summed E-state index contributed by atoms with van der Waals surface area (Å²) >= 11 is 0. The molecule has 1 aliphatic rings. The maximum absolute atomic E-state index is 6.26. The maximum atomic E-state index is 6.26. The Hall–Kier alpha value is -0.820.